The Bertz CT molecular complexity index is 779. The zero-order valence-electron chi connectivity index (χ0n) is 19.7. The van der Waals surface area contributed by atoms with E-state index in [0.717, 1.165) is 94.6 Å². The van der Waals surface area contributed by atoms with E-state index in [-0.39, 0.29) is 11.5 Å². The number of carboxylic acid groups (broad SMARTS) is 2. The summed E-state index contributed by atoms with van der Waals surface area (Å²) in [6, 6.07) is 3.14. The first kappa shape index (κ1) is 26.0. The number of carbonyl (C=O) groups is 2. The van der Waals surface area contributed by atoms with Crippen molar-refractivity contribution in [1.29, 1.82) is 0 Å². The fourth-order valence-corrected chi connectivity index (χ4v) is 4.39. The van der Waals surface area contributed by atoms with Gasteiger partial charge in [-0.1, -0.05) is 38.5 Å². The molecule has 0 aromatic heterocycles. The second-order valence-corrected chi connectivity index (χ2v) is 10.2. The summed E-state index contributed by atoms with van der Waals surface area (Å²) in [5.41, 5.74) is 0.762. The number of aryl methyl sites for hydroxylation is 1. The molecule has 32 heavy (non-hydrogen) atoms. The molecule has 1 fully saturated rings. The van der Waals surface area contributed by atoms with Gasteiger partial charge in [0.2, 0.25) is 0 Å². The summed E-state index contributed by atoms with van der Waals surface area (Å²) in [5, 5.41) is 38.7. The molecule has 0 unspecified atom stereocenters. The predicted molar refractivity (Wildman–Crippen MR) is 124 cm³/mol. The summed E-state index contributed by atoms with van der Waals surface area (Å²) in [6.07, 6.45) is 12.2. The van der Waals surface area contributed by atoms with Crippen molar-refractivity contribution in [2.45, 2.75) is 104 Å². The van der Waals surface area contributed by atoms with E-state index in [1.807, 2.05) is 0 Å². The molecule has 0 saturated heterocycles. The average molecular weight is 449 g/mol. The SMILES string of the molecule is CC(C)(CCCCCCc1cc(O)cc(O)c1CCCCCCC1(C(=O)O)CC1)C(=O)O. The lowest BCUT2D eigenvalue weighted by Crippen LogP contribution is -2.23. The fraction of sp³-hybridized carbons (Fsp3) is 0.692. The van der Waals surface area contributed by atoms with Crippen LogP contribution in [0.4, 0.5) is 0 Å². The van der Waals surface area contributed by atoms with Gasteiger partial charge < -0.3 is 20.4 Å². The van der Waals surface area contributed by atoms with Gasteiger partial charge in [0.25, 0.3) is 0 Å². The lowest BCUT2D eigenvalue weighted by atomic mass is 9.87. The molecule has 2 rings (SSSR count). The lowest BCUT2D eigenvalue weighted by Gasteiger charge is -2.18. The number of unbranched alkanes of at least 4 members (excludes halogenated alkanes) is 6. The smallest absolute Gasteiger partial charge is 0.309 e. The van der Waals surface area contributed by atoms with Gasteiger partial charge in [-0.3, -0.25) is 9.59 Å². The normalized spacial score (nSPS) is 14.9. The molecular formula is C26H40O6. The van der Waals surface area contributed by atoms with Gasteiger partial charge >= 0.3 is 11.9 Å². The number of hydrogen-bond donors (Lipinski definition) is 4. The second-order valence-electron chi connectivity index (χ2n) is 10.2. The van der Waals surface area contributed by atoms with Crippen LogP contribution in [0.5, 0.6) is 11.5 Å². The molecule has 1 aromatic carbocycles. The van der Waals surface area contributed by atoms with Crippen molar-refractivity contribution in [2.75, 3.05) is 0 Å². The van der Waals surface area contributed by atoms with Crippen molar-refractivity contribution in [3.63, 3.8) is 0 Å². The van der Waals surface area contributed by atoms with Crippen molar-refractivity contribution >= 4 is 11.9 Å². The highest BCUT2D eigenvalue weighted by Gasteiger charge is 2.49. The molecule has 6 nitrogen and oxygen atoms in total. The Balaban J connectivity index is 1.72. The second kappa shape index (κ2) is 11.6. The van der Waals surface area contributed by atoms with Gasteiger partial charge in [-0.2, -0.15) is 0 Å². The molecule has 0 atom stereocenters. The molecule has 6 heteroatoms. The van der Waals surface area contributed by atoms with E-state index in [9.17, 15) is 30.0 Å². The van der Waals surface area contributed by atoms with Crippen LogP contribution in [0.25, 0.3) is 0 Å². The van der Waals surface area contributed by atoms with Crippen LogP contribution in [0.2, 0.25) is 0 Å². The number of hydrogen-bond acceptors (Lipinski definition) is 4. The third-order valence-electron chi connectivity index (χ3n) is 7.02. The Morgan fingerprint density at radius 2 is 1.47 bits per heavy atom. The Kier molecular flexibility index (Phi) is 9.41. The number of phenols is 2. The molecule has 1 aliphatic rings. The van der Waals surface area contributed by atoms with Gasteiger partial charge in [0.05, 0.1) is 10.8 Å². The number of benzene rings is 1. The monoisotopic (exact) mass is 448 g/mol. The number of aromatic hydroxyl groups is 2. The maximum absolute atomic E-state index is 11.2. The quantitative estimate of drug-likeness (QED) is 0.229. The van der Waals surface area contributed by atoms with Gasteiger partial charge in [-0.15, -0.1) is 0 Å². The minimum atomic E-state index is -0.758. The standard InChI is InChI=1S/C26H40O6/c1-25(2,23(29)30)13-9-5-3-7-11-19-17-20(27)18-22(28)21(19)12-8-4-6-10-14-26(15-16-26)24(31)32/h17-18,27-28H,3-16H2,1-2H3,(H,29,30)(H,31,32). The zero-order chi connectivity index (χ0) is 23.8. The molecule has 0 amide bonds. The Morgan fingerprint density at radius 3 is 2.06 bits per heavy atom. The molecule has 0 heterocycles. The fourth-order valence-electron chi connectivity index (χ4n) is 4.39. The zero-order valence-corrected chi connectivity index (χ0v) is 19.7. The van der Waals surface area contributed by atoms with Gasteiger partial charge in [-0.25, -0.2) is 0 Å². The Hall–Kier alpha value is -2.24. The van der Waals surface area contributed by atoms with Crippen LogP contribution >= 0.6 is 0 Å². The number of aliphatic carboxylic acids is 2. The third kappa shape index (κ3) is 7.72. The van der Waals surface area contributed by atoms with Gasteiger partial charge in [0.1, 0.15) is 11.5 Å². The Labute approximate surface area is 191 Å². The largest absolute Gasteiger partial charge is 0.508 e. The van der Waals surface area contributed by atoms with E-state index in [1.54, 1.807) is 19.9 Å². The van der Waals surface area contributed by atoms with Crippen molar-refractivity contribution in [1.82, 2.24) is 0 Å². The molecule has 0 spiro atoms. The first-order valence-corrected chi connectivity index (χ1v) is 12.1. The van der Waals surface area contributed by atoms with Gasteiger partial charge in [0, 0.05) is 6.07 Å². The van der Waals surface area contributed by atoms with E-state index in [1.165, 1.54) is 6.07 Å². The molecule has 0 aliphatic heterocycles. The maximum atomic E-state index is 11.2. The van der Waals surface area contributed by atoms with Crippen LogP contribution in [-0.4, -0.2) is 32.4 Å². The summed E-state index contributed by atoms with van der Waals surface area (Å²) < 4.78 is 0. The van der Waals surface area contributed by atoms with Crippen molar-refractivity contribution in [2.24, 2.45) is 10.8 Å². The highest BCUT2D eigenvalue weighted by molar-refractivity contribution is 5.77. The first-order valence-electron chi connectivity index (χ1n) is 12.1. The van der Waals surface area contributed by atoms with E-state index in [2.05, 4.69) is 0 Å². The predicted octanol–water partition coefficient (Wildman–Crippen LogP) is 6.06. The molecule has 1 saturated carbocycles. The third-order valence-corrected chi connectivity index (χ3v) is 7.02. The summed E-state index contributed by atoms with van der Waals surface area (Å²) in [6.45, 7) is 3.51. The van der Waals surface area contributed by atoms with E-state index < -0.39 is 22.8 Å². The molecule has 1 aromatic rings. The van der Waals surface area contributed by atoms with Gasteiger partial charge in [-0.05, 0) is 82.4 Å². The minimum Gasteiger partial charge on any atom is -0.508 e. The van der Waals surface area contributed by atoms with Crippen molar-refractivity contribution in [3.05, 3.63) is 23.3 Å². The van der Waals surface area contributed by atoms with E-state index in [0.29, 0.717) is 6.42 Å². The summed E-state index contributed by atoms with van der Waals surface area (Å²) in [7, 11) is 0. The summed E-state index contributed by atoms with van der Waals surface area (Å²) >= 11 is 0. The van der Waals surface area contributed by atoms with Crippen LogP contribution in [0.15, 0.2) is 12.1 Å². The van der Waals surface area contributed by atoms with Crippen molar-refractivity contribution < 1.29 is 30.0 Å². The summed E-state index contributed by atoms with van der Waals surface area (Å²) in [4.78, 5) is 22.4. The molecule has 180 valence electrons. The molecule has 0 bridgehead atoms. The molecule has 1 aliphatic carbocycles. The number of rotatable bonds is 16. The van der Waals surface area contributed by atoms with Gasteiger partial charge in [0.15, 0.2) is 0 Å². The van der Waals surface area contributed by atoms with Crippen LogP contribution < -0.4 is 0 Å². The van der Waals surface area contributed by atoms with Crippen LogP contribution in [-0.2, 0) is 22.4 Å². The van der Waals surface area contributed by atoms with Crippen molar-refractivity contribution in [3.8, 4) is 11.5 Å². The highest BCUT2D eigenvalue weighted by Crippen LogP contribution is 2.50. The average Bonchev–Trinajstić information content (AvgIpc) is 3.49. The molecule has 4 N–H and O–H groups in total. The maximum Gasteiger partial charge on any atom is 0.309 e. The highest BCUT2D eigenvalue weighted by atomic mass is 16.4. The minimum absolute atomic E-state index is 0.0767. The molecule has 0 radical (unpaired) electrons. The van der Waals surface area contributed by atoms with E-state index in [4.69, 9.17) is 0 Å². The lowest BCUT2D eigenvalue weighted by molar-refractivity contribution is -0.147. The van der Waals surface area contributed by atoms with E-state index >= 15 is 0 Å². The van der Waals surface area contributed by atoms with Crippen LogP contribution in [0, 0.1) is 10.8 Å². The topological polar surface area (TPSA) is 115 Å². The number of phenolic OH excluding ortho intramolecular Hbond substituents is 2. The molecular weight excluding hydrogens is 408 g/mol. The van der Waals surface area contributed by atoms with Crippen LogP contribution in [0.1, 0.15) is 102 Å². The first-order chi connectivity index (χ1) is 15.1. The number of carboxylic acids is 2. The van der Waals surface area contributed by atoms with Crippen LogP contribution in [0.3, 0.4) is 0 Å². The Morgan fingerprint density at radius 1 is 0.875 bits per heavy atom. The summed E-state index contributed by atoms with van der Waals surface area (Å²) in [5.74, 6) is -1.19.